The van der Waals surface area contributed by atoms with Crippen molar-refractivity contribution >= 4 is 5.82 Å². The molecule has 0 amide bonds. The summed E-state index contributed by atoms with van der Waals surface area (Å²) in [6.45, 7) is 1.77. The number of nitrogens with zero attached hydrogens (tertiary/aromatic N) is 5. The molecule has 2 N–H and O–H groups in total. The van der Waals surface area contributed by atoms with Crippen LogP contribution in [0.4, 0.5) is 5.82 Å². The first-order chi connectivity index (χ1) is 11.6. The molecular formula is C15H21N5O4. The van der Waals surface area contributed by atoms with Crippen molar-refractivity contribution in [1.82, 2.24) is 19.7 Å². The van der Waals surface area contributed by atoms with Gasteiger partial charge in [0.15, 0.2) is 0 Å². The van der Waals surface area contributed by atoms with Gasteiger partial charge in [0.25, 0.3) is 0 Å². The van der Waals surface area contributed by atoms with Crippen molar-refractivity contribution in [3.63, 3.8) is 0 Å². The van der Waals surface area contributed by atoms with Gasteiger partial charge in [-0.2, -0.15) is 15.1 Å². The Morgan fingerprint density at radius 1 is 1.21 bits per heavy atom. The summed E-state index contributed by atoms with van der Waals surface area (Å²) in [4.78, 5) is 10.6. The van der Waals surface area contributed by atoms with Gasteiger partial charge in [-0.1, -0.05) is 0 Å². The molecule has 2 aromatic heterocycles. The molecule has 0 fully saturated rings. The smallest absolute Gasteiger partial charge is 0.321 e. The molecule has 0 bridgehead atoms. The standard InChI is InChI=1S/C15H21N5O4/c1-23-14-7-13(16-15(17-14)24-2)19-4-3-5-20-10(8-19)6-11(18-20)12(22)9-21/h6-7,12,21-22H,3-5,8-9H2,1-2H3/t12-/m0/s1. The van der Waals surface area contributed by atoms with E-state index in [0.717, 1.165) is 25.2 Å². The predicted octanol–water partition coefficient (Wildman–Crippen LogP) is 0.126. The van der Waals surface area contributed by atoms with Crippen molar-refractivity contribution in [2.24, 2.45) is 0 Å². The molecule has 0 aromatic carbocycles. The lowest BCUT2D eigenvalue weighted by Gasteiger charge is -2.21. The van der Waals surface area contributed by atoms with Gasteiger partial charge >= 0.3 is 6.01 Å². The van der Waals surface area contributed by atoms with Gasteiger partial charge in [-0.15, -0.1) is 0 Å². The Kier molecular flexibility index (Phi) is 4.81. The maximum atomic E-state index is 9.78. The van der Waals surface area contributed by atoms with Gasteiger partial charge in [-0.25, -0.2) is 0 Å². The van der Waals surface area contributed by atoms with Crippen molar-refractivity contribution in [3.05, 3.63) is 23.5 Å². The molecule has 2 aromatic rings. The van der Waals surface area contributed by atoms with Gasteiger partial charge in [-0.3, -0.25) is 4.68 Å². The number of aryl methyl sites for hydroxylation is 1. The van der Waals surface area contributed by atoms with Crippen molar-refractivity contribution < 1.29 is 19.7 Å². The molecule has 0 saturated heterocycles. The molecule has 0 saturated carbocycles. The molecule has 24 heavy (non-hydrogen) atoms. The maximum Gasteiger partial charge on any atom is 0.321 e. The van der Waals surface area contributed by atoms with Crippen LogP contribution in [0.1, 0.15) is 23.9 Å². The zero-order valence-corrected chi connectivity index (χ0v) is 13.7. The van der Waals surface area contributed by atoms with Crippen LogP contribution >= 0.6 is 0 Å². The minimum absolute atomic E-state index is 0.249. The quantitative estimate of drug-likeness (QED) is 0.794. The molecule has 0 spiro atoms. The Bertz CT molecular complexity index is 683. The third-order valence-electron chi connectivity index (χ3n) is 3.93. The summed E-state index contributed by atoms with van der Waals surface area (Å²) in [7, 11) is 3.06. The van der Waals surface area contributed by atoms with Gasteiger partial charge in [0.2, 0.25) is 5.88 Å². The lowest BCUT2D eigenvalue weighted by Crippen LogP contribution is -2.24. The summed E-state index contributed by atoms with van der Waals surface area (Å²) in [6.07, 6.45) is -0.0880. The zero-order chi connectivity index (χ0) is 17.1. The van der Waals surface area contributed by atoms with Crippen molar-refractivity contribution in [2.75, 3.05) is 32.3 Å². The molecule has 3 rings (SSSR count). The highest BCUT2D eigenvalue weighted by Gasteiger charge is 2.21. The van der Waals surface area contributed by atoms with Crippen LogP contribution in [-0.2, 0) is 13.1 Å². The van der Waals surface area contributed by atoms with Crippen LogP contribution < -0.4 is 14.4 Å². The van der Waals surface area contributed by atoms with E-state index in [2.05, 4.69) is 20.0 Å². The molecule has 1 atom stereocenters. The molecule has 0 radical (unpaired) electrons. The fraction of sp³-hybridized carbons (Fsp3) is 0.533. The van der Waals surface area contributed by atoms with Crippen molar-refractivity contribution in [2.45, 2.75) is 25.6 Å². The van der Waals surface area contributed by atoms with Crippen LogP contribution in [0.3, 0.4) is 0 Å². The maximum absolute atomic E-state index is 9.78. The summed E-state index contributed by atoms with van der Waals surface area (Å²) in [6, 6.07) is 3.82. The van der Waals surface area contributed by atoms with E-state index in [4.69, 9.17) is 14.6 Å². The molecule has 9 heteroatoms. The Hall–Kier alpha value is -2.39. The topological polar surface area (TPSA) is 106 Å². The highest BCUT2D eigenvalue weighted by molar-refractivity contribution is 5.43. The predicted molar refractivity (Wildman–Crippen MR) is 85.1 cm³/mol. The van der Waals surface area contributed by atoms with E-state index < -0.39 is 6.10 Å². The second-order valence-electron chi connectivity index (χ2n) is 5.51. The van der Waals surface area contributed by atoms with Crippen molar-refractivity contribution in [3.8, 4) is 11.9 Å². The summed E-state index contributed by atoms with van der Waals surface area (Å²) in [5, 5.41) is 23.2. The minimum atomic E-state index is -0.961. The SMILES string of the molecule is COc1cc(N2CCCn3nc([C@@H](O)CO)cc3C2)nc(OC)n1. The lowest BCUT2D eigenvalue weighted by atomic mass is 10.2. The number of hydrogen-bond donors (Lipinski definition) is 2. The Morgan fingerprint density at radius 3 is 2.75 bits per heavy atom. The Labute approximate surface area is 139 Å². The highest BCUT2D eigenvalue weighted by atomic mass is 16.5. The number of rotatable bonds is 5. The number of ether oxygens (including phenoxy) is 2. The third-order valence-corrected chi connectivity index (χ3v) is 3.93. The van der Waals surface area contributed by atoms with E-state index >= 15 is 0 Å². The zero-order valence-electron chi connectivity index (χ0n) is 13.7. The van der Waals surface area contributed by atoms with Gasteiger partial charge in [0.05, 0.1) is 38.8 Å². The van der Waals surface area contributed by atoms with Gasteiger partial charge in [0, 0.05) is 19.2 Å². The molecule has 0 unspecified atom stereocenters. The van der Waals surface area contributed by atoms with E-state index in [0.29, 0.717) is 23.9 Å². The Morgan fingerprint density at radius 2 is 2.04 bits per heavy atom. The fourth-order valence-electron chi connectivity index (χ4n) is 2.69. The average Bonchev–Trinajstić information content (AvgIpc) is 2.92. The average molecular weight is 335 g/mol. The number of aliphatic hydroxyl groups excluding tert-OH is 2. The molecule has 1 aliphatic heterocycles. The Balaban J connectivity index is 1.89. The second-order valence-corrected chi connectivity index (χ2v) is 5.51. The largest absolute Gasteiger partial charge is 0.481 e. The third kappa shape index (κ3) is 3.26. The molecule has 1 aliphatic rings. The summed E-state index contributed by atoms with van der Waals surface area (Å²) >= 11 is 0. The second kappa shape index (κ2) is 7.02. The normalized spacial score (nSPS) is 15.6. The molecule has 3 heterocycles. The van der Waals surface area contributed by atoms with Crippen LogP contribution in [0, 0.1) is 0 Å². The molecular weight excluding hydrogens is 314 g/mol. The van der Waals surface area contributed by atoms with E-state index in [9.17, 15) is 5.11 Å². The summed E-state index contributed by atoms with van der Waals surface area (Å²) in [5.74, 6) is 1.14. The van der Waals surface area contributed by atoms with E-state index in [1.54, 1.807) is 13.2 Å². The lowest BCUT2D eigenvalue weighted by molar-refractivity contribution is 0.0916. The molecule has 130 valence electrons. The van der Waals surface area contributed by atoms with Crippen molar-refractivity contribution in [1.29, 1.82) is 0 Å². The molecule has 9 nitrogen and oxygen atoms in total. The van der Waals surface area contributed by atoms with Crippen LogP contribution in [-0.4, -0.2) is 57.3 Å². The number of hydrogen-bond acceptors (Lipinski definition) is 8. The number of methoxy groups -OCH3 is 2. The van der Waals surface area contributed by atoms with E-state index in [1.807, 2.05) is 10.7 Å². The number of anilines is 1. The van der Waals surface area contributed by atoms with E-state index in [1.165, 1.54) is 7.11 Å². The monoisotopic (exact) mass is 335 g/mol. The minimum Gasteiger partial charge on any atom is -0.481 e. The fourth-order valence-corrected chi connectivity index (χ4v) is 2.69. The number of fused-ring (bicyclic) bond motifs is 1. The first-order valence-electron chi connectivity index (χ1n) is 7.72. The van der Waals surface area contributed by atoms with Crippen LogP contribution in [0.2, 0.25) is 0 Å². The van der Waals surface area contributed by atoms with E-state index in [-0.39, 0.29) is 12.6 Å². The van der Waals surface area contributed by atoms with Crippen LogP contribution in [0.5, 0.6) is 11.9 Å². The number of aliphatic hydroxyl groups is 2. The molecule has 0 aliphatic carbocycles. The van der Waals surface area contributed by atoms with Crippen LogP contribution in [0.15, 0.2) is 12.1 Å². The van der Waals surface area contributed by atoms with Gasteiger partial charge in [0.1, 0.15) is 11.9 Å². The highest BCUT2D eigenvalue weighted by Crippen LogP contribution is 2.25. The first kappa shape index (κ1) is 16.5. The number of aromatic nitrogens is 4. The van der Waals surface area contributed by atoms with Crippen LogP contribution in [0.25, 0.3) is 0 Å². The first-order valence-corrected chi connectivity index (χ1v) is 7.72. The van der Waals surface area contributed by atoms with Gasteiger partial charge < -0.3 is 24.6 Å². The van der Waals surface area contributed by atoms with Gasteiger partial charge in [-0.05, 0) is 12.5 Å². The summed E-state index contributed by atoms with van der Waals surface area (Å²) in [5.41, 5.74) is 1.43. The summed E-state index contributed by atoms with van der Waals surface area (Å²) < 4.78 is 12.2.